The lowest BCUT2D eigenvalue weighted by molar-refractivity contribution is 0.398. The minimum atomic E-state index is 0.498. The zero-order valence-corrected chi connectivity index (χ0v) is 11.5. The maximum atomic E-state index is 5.24. The minimum Gasteiger partial charge on any atom is -0.478 e. The summed E-state index contributed by atoms with van der Waals surface area (Å²) in [5.41, 5.74) is 1.63. The summed E-state index contributed by atoms with van der Waals surface area (Å²) < 4.78 is 7.78. The highest BCUT2D eigenvalue weighted by Crippen LogP contribution is 2.45. The van der Waals surface area contributed by atoms with Crippen LogP contribution in [0.4, 0.5) is 0 Å². The van der Waals surface area contributed by atoms with Crippen LogP contribution in [0.5, 0.6) is 5.88 Å². The number of halogens is 1. The Morgan fingerprint density at radius 1 is 1.41 bits per heavy atom. The Balaban J connectivity index is 2.22. The van der Waals surface area contributed by atoms with E-state index in [1.54, 1.807) is 11.6 Å². The largest absolute Gasteiger partial charge is 0.478 e. The smallest absolute Gasteiger partial charge is 0.260 e. The first-order chi connectivity index (χ1) is 8.11. The van der Waals surface area contributed by atoms with Crippen LogP contribution in [0.15, 0.2) is 4.60 Å². The van der Waals surface area contributed by atoms with E-state index in [2.05, 4.69) is 37.9 Å². The van der Waals surface area contributed by atoms with Crippen LogP contribution < -0.4 is 4.74 Å². The third-order valence-corrected chi connectivity index (χ3v) is 4.02. The fourth-order valence-electron chi connectivity index (χ4n) is 1.98. The van der Waals surface area contributed by atoms with Crippen molar-refractivity contribution in [3.8, 4) is 5.88 Å². The first kappa shape index (κ1) is 11.0. The van der Waals surface area contributed by atoms with Crippen LogP contribution in [-0.4, -0.2) is 26.7 Å². The molecule has 0 radical (unpaired) electrons. The van der Waals surface area contributed by atoms with Crippen molar-refractivity contribution in [3.05, 3.63) is 16.1 Å². The van der Waals surface area contributed by atoms with Crippen LogP contribution >= 0.6 is 15.9 Å². The van der Waals surface area contributed by atoms with E-state index in [1.807, 2.05) is 6.92 Å². The Hall–Kier alpha value is -1.17. The summed E-state index contributed by atoms with van der Waals surface area (Å²) in [6.07, 6.45) is 1.17. The number of rotatable bonds is 2. The van der Waals surface area contributed by atoms with Crippen molar-refractivity contribution in [3.63, 3.8) is 0 Å². The molecule has 6 heteroatoms. The molecular weight excluding hydrogens is 284 g/mol. The second kappa shape index (κ2) is 3.66. The predicted molar refractivity (Wildman–Crippen MR) is 66.3 cm³/mol. The fourth-order valence-corrected chi connectivity index (χ4v) is 2.31. The van der Waals surface area contributed by atoms with E-state index in [4.69, 9.17) is 4.74 Å². The van der Waals surface area contributed by atoms with Crippen LogP contribution in [0.25, 0.3) is 5.65 Å². The Bertz CT molecular complexity index is 595. The van der Waals surface area contributed by atoms with Crippen molar-refractivity contribution in [2.24, 2.45) is 5.92 Å². The van der Waals surface area contributed by atoms with Gasteiger partial charge in [-0.15, -0.1) is 0 Å². The molecule has 3 rings (SSSR count). The second-order valence-corrected chi connectivity index (χ2v) is 5.27. The van der Waals surface area contributed by atoms with Gasteiger partial charge in [0.2, 0.25) is 5.65 Å². The average molecular weight is 297 g/mol. The average Bonchev–Trinajstić information content (AvgIpc) is 2.89. The Morgan fingerprint density at radius 2 is 2.12 bits per heavy atom. The second-order valence-electron chi connectivity index (χ2n) is 4.52. The summed E-state index contributed by atoms with van der Waals surface area (Å²) in [6.45, 7) is 4.17. The maximum Gasteiger partial charge on any atom is 0.260 e. The lowest BCUT2D eigenvalue weighted by Crippen LogP contribution is -2.01. The molecule has 2 aromatic heterocycles. The minimum absolute atomic E-state index is 0.498. The molecule has 0 N–H and O–H groups in total. The zero-order valence-electron chi connectivity index (χ0n) is 9.94. The number of fused-ring (bicyclic) bond motifs is 1. The van der Waals surface area contributed by atoms with Gasteiger partial charge < -0.3 is 4.74 Å². The number of hydrogen-bond acceptors (Lipinski definition) is 4. The van der Waals surface area contributed by atoms with Gasteiger partial charge in [-0.1, -0.05) is 6.92 Å². The molecule has 2 heterocycles. The summed E-state index contributed by atoms with van der Waals surface area (Å²) >= 11 is 3.40. The molecule has 0 aliphatic heterocycles. The molecule has 0 saturated heterocycles. The van der Waals surface area contributed by atoms with Gasteiger partial charge in [0.15, 0.2) is 5.82 Å². The zero-order chi connectivity index (χ0) is 12.2. The molecule has 1 fully saturated rings. The van der Waals surface area contributed by atoms with Crippen LogP contribution in [0.1, 0.15) is 30.8 Å². The van der Waals surface area contributed by atoms with E-state index in [1.165, 1.54) is 6.42 Å². The molecule has 5 nitrogen and oxygen atoms in total. The van der Waals surface area contributed by atoms with Crippen molar-refractivity contribution in [2.45, 2.75) is 26.2 Å². The number of aromatic nitrogens is 4. The van der Waals surface area contributed by atoms with Crippen LogP contribution in [0.2, 0.25) is 0 Å². The van der Waals surface area contributed by atoms with Crippen molar-refractivity contribution >= 4 is 21.6 Å². The highest BCUT2D eigenvalue weighted by molar-refractivity contribution is 9.10. The van der Waals surface area contributed by atoms with Crippen molar-refractivity contribution < 1.29 is 4.74 Å². The van der Waals surface area contributed by atoms with Crippen molar-refractivity contribution in [1.29, 1.82) is 0 Å². The molecule has 90 valence electrons. The van der Waals surface area contributed by atoms with Crippen LogP contribution in [0.3, 0.4) is 0 Å². The Kier molecular flexibility index (Phi) is 2.36. The first-order valence-electron chi connectivity index (χ1n) is 5.58. The molecular formula is C11H13BrN4O. The number of aryl methyl sites for hydroxylation is 1. The van der Waals surface area contributed by atoms with Gasteiger partial charge in [0.05, 0.1) is 12.8 Å². The third kappa shape index (κ3) is 1.62. The first-order valence-corrected chi connectivity index (χ1v) is 6.38. The Morgan fingerprint density at radius 3 is 2.71 bits per heavy atom. The van der Waals surface area contributed by atoms with Gasteiger partial charge >= 0.3 is 0 Å². The van der Waals surface area contributed by atoms with Gasteiger partial charge in [-0.3, -0.25) is 0 Å². The highest BCUT2D eigenvalue weighted by atomic mass is 79.9. The van der Waals surface area contributed by atoms with Crippen molar-refractivity contribution in [1.82, 2.24) is 19.6 Å². The van der Waals surface area contributed by atoms with Gasteiger partial charge in [0, 0.05) is 5.92 Å². The van der Waals surface area contributed by atoms with Crippen LogP contribution in [-0.2, 0) is 0 Å². The molecule has 0 spiro atoms. The molecule has 1 aliphatic rings. The molecule has 17 heavy (non-hydrogen) atoms. The molecule has 0 aromatic carbocycles. The number of methoxy groups -OCH3 is 1. The number of hydrogen-bond donors (Lipinski definition) is 0. The van der Waals surface area contributed by atoms with Gasteiger partial charge in [0.1, 0.15) is 4.60 Å². The molecule has 0 bridgehead atoms. The standard InChI is InChI=1S/C11H13BrN4O/c1-5-4-7(5)9-14-10-11(17-3)13-8(12)6(2)16(10)15-9/h5,7H,4H2,1-3H3. The fraction of sp³-hybridized carbons (Fsp3) is 0.545. The topological polar surface area (TPSA) is 52.3 Å². The van der Waals surface area contributed by atoms with Gasteiger partial charge in [-0.2, -0.15) is 5.10 Å². The summed E-state index contributed by atoms with van der Waals surface area (Å²) in [5.74, 6) is 2.60. The molecule has 1 aliphatic carbocycles. The van der Waals surface area contributed by atoms with E-state index in [-0.39, 0.29) is 0 Å². The molecule has 2 aromatic rings. The number of nitrogens with zero attached hydrogens (tertiary/aromatic N) is 4. The van der Waals surface area contributed by atoms with E-state index >= 15 is 0 Å². The monoisotopic (exact) mass is 296 g/mol. The van der Waals surface area contributed by atoms with E-state index < -0.39 is 0 Å². The maximum absolute atomic E-state index is 5.24. The predicted octanol–water partition coefficient (Wildman–Crippen LogP) is 2.33. The lowest BCUT2D eigenvalue weighted by Gasteiger charge is -2.04. The highest BCUT2D eigenvalue weighted by Gasteiger charge is 2.38. The third-order valence-electron chi connectivity index (χ3n) is 3.27. The number of ether oxygens (including phenoxy) is 1. The normalized spacial score (nSPS) is 23.1. The lowest BCUT2D eigenvalue weighted by atomic mass is 10.3. The van der Waals surface area contributed by atoms with E-state index in [0.29, 0.717) is 23.4 Å². The molecule has 0 amide bonds. The van der Waals surface area contributed by atoms with Gasteiger partial charge in [-0.05, 0) is 35.2 Å². The van der Waals surface area contributed by atoms with Crippen molar-refractivity contribution in [2.75, 3.05) is 7.11 Å². The summed E-state index contributed by atoms with van der Waals surface area (Å²) in [6, 6.07) is 0. The SMILES string of the molecule is COc1nc(Br)c(C)n2nc(C3CC3C)nc12. The van der Waals surface area contributed by atoms with E-state index in [9.17, 15) is 0 Å². The van der Waals surface area contributed by atoms with E-state index in [0.717, 1.165) is 16.1 Å². The summed E-state index contributed by atoms with van der Waals surface area (Å²) in [4.78, 5) is 8.84. The quantitative estimate of drug-likeness (QED) is 0.853. The van der Waals surface area contributed by atoms with Gasteiger partial charge in [0.25, 0.3) is 5.88 Å². The summed E-state index contributed by atoms with van der Waals surface area (Å²) in [5, 5.41) is 4.55. The molecule has 1 saturated carbocycles. The summed E-state index contributed by atoms with van der Waals surface area (Å²) in [7, 11) is 1.60. The van der Waals surface area contributed by atoms with Crippen LogP contribution in [0, 0.1) is 12.8 Å². The molecule has 2 atom stereocenters. The Labute approximate surface area is 107 Å². The van der Waals surface area contributed by atoms with Gasteiger partial charge in [-0.25, -0.2) is 14.5 Å². The molecule has 2 unspecified atom stereocenters.